The molecule has 0 unspecified atom stereocenters. The van der Waals surface area contributed by atoms with Crippen molar-refractivity contribution < 1.29 is 22.8 Å². The maximum atomic E-state index is 12.9. The Bertz CT molecular complexity index is 838. The quantitative estimate of drug-likeness (QED) is 0.533. The highest BCUT2D eigenvalue weighted by atomic mass is 32.2. The summed E-state index contributed by atoms with van der Waals surface area (Å²) in [6, 6.07) is 0.911. The van der Waals surface area contributed by atoms with Gasteiger partial charge in [-0.05, 0) is 36.6 Å². The number of thiophene rings is 1. The molecule has 1 saturated heterocycles. The van der Waals surface area contributed by atoms with Crippen LogP contribution in [0.2, 0.25) is 0 Å². The van der Waals surface area contributed by atoms with Crippen LogP contribution in [-0.4, -0.2) is 55.7 Å². The number of carbonyl (C=O) groups is 3. The molecule has 0 saturated carbocycles. The molecule has 9 nitrogen and oxygen atoms in total. The monoisotopic (exact) mass is 444 g/mol. The molecule has 1 aliphatic heterocycles. The van der Waals surface area contributed by atoms with Gasteiger partial charge in [0, 0.05) is 19.5 Å². The number of hydrogen-bond donors (Lipinski definition) is 3. The van der Waals surface area contributed by atoms with Crippen LogP contribution < -0.4 is 15.8 Å². The Balaban J connectivity index is 2.14. The Hall–Kier alpha value is -1.98. The van der Waals surface area contributed by atoms with E-state index in [0.29, 0.717) is 12.8 Å². The van der Waals surface area contributed by atoms with Crippen LogP contribution in [0.25, 0.3) is 0 Å². The molecule has 1 aliphatic rings. The van der Waals surface area contributed by atoms with E-state index in [-0.39, 0.29) is 29.0 Å². The van der Waals surface area contributed by atoms with Crippen molar-refractivity contribution in [3.05, 3.63) is 17.5 Å². The summed E-state index contributed by atoms with van der Waals surface area (Å²) in [6.45, 7) is 5.40. The molecule has 0 aromatic carbocycles. The fraction of sp³-hybridized carbons (Fsp3) is 0.611. The zero-order valence-electron chi connectivity index (χ0n) is 16.8. The van der Waals surface area contributed by atoms with Crippen molar-refractivity contribution in [2.75, 3.05) is 6.54 Å². The number of sulfonamides is 1. The van der Waals surface area contributed by atoms with E-state index in [1.807, 2.05) is 13.8 Å². The second-order valence-corrected chi connectivity index (χ2v) is 10.5. The van der Waals surface area contributed by atoms with Crippen LogP contribution in [0.15, 0.2) is 21.7 Å². The maximum absolute atomic E-state index is 12.9. The number of piperidine rings is 1. The number of nitrogens with one attached hydrogen (secondary N) is 2. The van der Waals surface area contributed by atoms with Gasteiger partial charge >= 0.3 is 0 Å². The third kappa shape index (κ3) is 6.25. The first-order valence-electron chi connectivity index (χ1n) is 9.44. The third-order valence-corrected chi connectivity index (χ3v) is 7.68. The molecule has 0 bridgehead atoms. The highest BCUT2D eigenvalue weighted by Gasteiger charge is 2.37. The molecule has 0 spiro atoms. The molecule has 1 aromatic heterocycles. The van der Waals surface area contributed by atoms with Crippen molar-refractivity contribution in [2.45, 2.75) is 62.4 Å². The number of hydrogen-bond acceptors (Lipinski definition) is 6. The molecule has 2 rings (SSSR count). The molecule has 11 heteroatoms. The van der Waals surface area contributed by atoms with Gasteiger partial charge in [0.15, 0.2) is 0 Å². The molecule has 162 valence electrons. The SMILES string of the molecule is CC(=O)N1CC[C@H](NS(=O)(=O)c2cccs2)C[C@H]1C(=O)N[C@H](CC(C)C)C(N)=O. The van der Waals surface area contributed by atoms with Crippen molar-refractivity contribution in [1.29, 1.82) is 0 Å². The van der Waals surface area contributed by atoms with Crippen LogP contribution in [0.4, 0.5) is 0 Å². The zero-order chi connectivity index (χ0) is 21.8. The summed E-state index contributed by atoms with van der Waals surface area (Å²) in [5.41, 5.74) is 5.40. The van der Waals surface area contributed by atoms with Gasteiger partial charge < -0.3 is 16.0 Å². The van der Waals surface area contributed by atoms with Gasteiger partial charge in [-0.1, -0.05) is 19.9 Å². The summed E-state index contributed by atoms with van der Waals surface area (Å²) in [5, 5.41) is 4.30. The standard InChI is InChI=1S/C18H28N4O5S2/c1-11(2)9-14(17(19)24)20-18(25)15-10-13(6-7-22(15)12(3)23)21-29(26,27)16-5-4-8-28-16/h4-5,8,11,13-15,21H,6-7,9-10H2,1-3H3,(H2,19,24)(H,20,25)/t13-,14+,15-/m0/s1. The Labute approximate surface area is 175 Å². The molecule has 2 heterocycles. The lowest BCUT2D eigenvalue weighted by atomic mass is 9.96. The Morgan fingerprint density at radius 3 is 2.55 bits per heavy atom. The van der Waals surface area contributed by atoms with Crippen LogP contribution in [0, 0.1) is 5.92 Å². The lowest BCUT2D eigenvalue weighted by molar-refractivity contribution is -0.142. The van der Waals surface area contributed by atoms with E-state index in [0.717, 1.165) is 11.3 Å². The van der Waals surface area contributed by atoms with Gasteiger partial charge in [-0.15, -0.1) is 11.3 Å². The molecule has 1 fully saturated rings. The molecule has 0 radical (unpaired) electrons. The predicted molar refractivity (Wildman–Crippen MR) is 109 cm³/mol. The zero-order valence-corrected chi connectivity index (χ0v) is 18.4. The number of likely N-dealkylation sites (tertiary alicyclic amines) is 1. The summed E-state index contributed by atoms with van der Waals surface area (Å²) in [4.78, 5) is 38.0. The van der Waals surface area contributed by atoms with E-state index in [4.69, 9.17) is 5.73 Å². The molecule has 3 amide bonds. The van der Waals surface area contributed by atoms with E-state index < -0.39 is 40.0 Å². The second-order valence-electron chi connectivity index (χ2n) is 7.60. The minimum atomic E-state index is -3.70. The molecule has 3 atom stereocenters. The van der Waals surface area contributed by atoms with Crippen LogP contribution in [-0.2, 0) is 24.4 Å². The first kappa shape index (κ1) is 23.3. The number of nitrogens with zero attached hydrogens (tertiary/aromatic N) is 1. The smallest absolute Gasteiger partial charge is 0.250 e. The fourth-order valence-corrected chi connectivity index (χ4v) is 5.67. The van der Waals surface area contributed by atoms with Crippen molar-refractivity contribution in [3.8, 4) is 0 Å². The fourth-order valence-electron chi connectivity index (χ4n) is 3.38. The number of carbonyl (C=O) groups excluding carboxylic acids is 3. The first-order chi connectivity index (χ1) is 13.5. The Kier molecular flexibility index (Phi) is 7.78. The van der Waals surface area contributed by atoms with Gasteiger partial charge in [-0.3, -0.25) is 14.4 Å². The normalized spacial score (nSPS) is 21.0. The maximum Gasteiger partial charge on any atom is 0.250 e. The summed E-state index contributed by atoms with van der Waals surface area (Å²) < 4.78 is 27.8. The van der Waals surface area contributed by atoms with Crippen LogP contribution in [0.1, 0.15) is 40.0 Å². The Morgan fingerprint density at radius 1 is 1.34 bits per heavy atom. The van der Waals surface area contributed by atoms with Crippen LogP contribution in [0.3, 0.4) is 0 Å². The minimum Gasteiger partial charge on any atom is -0.368 e. The van der Waals surface area contributed by atoms with E-state index in [9.17, 15) is 22.8 Å². The van der Waals surface area contributed by atoms with E-state index in [2.05, 4.69) is 10.0 Å². The van der Waals surface area contributed by atoms with E-state index in [1.54, 1.807) is 11.4 Å². The minimum absolute atomic E-state index is 0.114. The van der Waals surface area contributed by atoms with Crippen molar-refractivity contribution >= 4 is 39.1 Å². The number of primary amides is 1. The molecule has 4 N–H and O–H groups in total. The average molecular weight is 445 g/mol. The topological polar surface area (TPSA) is 139 Å². The van der Waals surface area contributed by atoms with Gasteiger partial charge in [-0.25, -0.2) is 13.1 Å². The van der Waals surface area contributed by atoms with E-state index >= 15 is 0 Å². The van der Waals surface area contributed by atoms with Gasteiger partial charge in [0.2, 0.25) is 27.7 Å². The summed E-state index contributed by atoms with van der Waals surface area (Å²) >= 11 is 1.10. The molecule has 29 heavy (non-hydrogen) atoms. The summed E-state index contributed by atoms with van der Waals surface area (Å²) in [7, 11) is -3.70. The number of nitrogens with two attached hydrogens (primary N) is 1. The Morgan fingerprint density at radius 2 is 2.03 bits per heavy atom. The van der Waals surface area contributed by atoms with Gasteiger partial charge in [0.05, 0.1) is 0 Å². The number of rotatable bonds is 8. The van der Waals surface area contributed by atoms with E-state index in [1.165, 1.54) is 17.9 Å². The lowest BCUT2D eigenvalue weighted by Crippen LogP contribution is -2.59. The first-order valence-corrected chi connectivity index (χ1v) is 11.8. The molecule has 1 aromatic rings. The highest BCUT2D eigenvalue weighted by molar-refractivity contribution is 7.91. The largest absolute Gasteiger partial charge is 0.368 e. The third-order valence-electron chi connectivity index (χ3n) is 4.76. The van der Waals surface area contributed by atoms with Crippen LogP contribution >= 0.6 is 11.3 Å². The van der Waals surface area contributed by atoms with Crippen molar-refractivity contribution in [1.82, 2.24) is 14.9 Å². The van der Waals surface area contributed by atoms with Gasteiger partial charge in [-0.2, -0.15) is 0 Å². The summed E-state index contributed by atoms with van der Waals surface area (Å²) in [6.07, 6.45) is 0.880. The summed E-state index contributed by atoms with van der Waals surface area (Å²) in [5.74, 6) is -1.31. The second kappa shape index (κ2) is 9.68. The van der Waals surface area contributed by atoms with Crippen LogP contribution in [0.5, 0.6) is 0 Å². The van der Waals surface area contributed by atoms with Gasteiger partial charge in [0.25, 0.3) is 0 Å². The average Bonchev–Trinajstić information content (AvgIpc) is 3.15. The number of amides is 3. The predicted octanol–water partition coefficient (Wildman–Crippen LogP) is 0.422. The van der Waals surface area contributed by atoms with Crippen molar-refractivity contribution in [2.24, 2.45) is 11.7 Å². The van der Waals surface area contributed by atoms with Gasteiger partial charge in [0.1, 0.15) is 16.3 Å². The molecular formula is C18H28N4O5S2. The molecular weight excluding hydrogens is 416 g/mol. The molecule has 0 aliphatic carbocycles. The lowest BCUT2D eigenvalue weighted by Gasteiger charge is -2.38. The van der Waals surface area contributed by atoms with Crippen molar-refractivity contribution in [3.63, 3.8) is 0 Å². The highest BCUT2D eigenvalue weighted by Crippen LogP contribution is 2.22.